The average molecular weight is 354 g/mol. The third-order valence-corrected chi connectivity index (χ3v) is 4.73. The summed E-state index contributed by atoms with van der Waals surface area (Å²) < 4.78 is 5.25. The van der Waals surface area contributed by atoms with Gasteiger partial charge in [-0.1, -0.05) is 34.4 Å². The predicted molar refractivity (Wildman–Crippen MR) is 89.8 cm³/mol. The summed E-state index contributed by atoms with van der Waals surface area (Å²) >= 11 is 12.5. The summed E-state index contributed by atoms with van der Waals surface area (Å²) in [5, 5.41) is 4.88. The molecule has 3 rings (SSSR count). The van der Waals surface area contributed by atoms with Gasteiger partial charge in [-0.15, -0.1) is 0 Å². The highest BCUT2D eigenvalue weighted by Crippen LogP contribution is 2.37. The van der Waals surface area contributed by atoms with Crippen molar-refractivity contribution in [2.24, 2.45) is 5.73 Å². The van der Waals surface area contributed by atoms with Gasteiger partial charge in [0, 0.05) is 24.7 Å². The Hall–Kier alpha value is -1.56. The zero-order valence-corrected chi connectivity index (χ0v) is 14.2. The molecule has 1 aromatic heterocycles. The molecule has 23 heavy (non-hydrogen) atoms. The van der Waals surface area contributed by atoms with Crippen LogP contribution in [0.2, 0.25) is 10.0 Å². The third kappa shape index (κ3) is 3.09. The lowest BCUT2D eigenvalue weighted by Gasteiger charge is -2.30. The lowest BCUT2D eigenvalue weighted by molar-refractivity contribution is 0.0713. The Bertz CT molecular complexity index is 717. The minimum atomic E-state index is -0.123. The minimum absolute atomic E-state index is 0.123. The summed E-state index contributed by atoms with van der Waals surface area (Å²) in [5.41, 5.74) is 7.22. The van der Waals surface area contributed by atoms with Crippen LogP contribution >= 0.6 is 23.2 Å². The van der Waals surface area contributed by atoms with E-state index in [0.717, 1.165) is 12.8 Å². The van der Waals surface area contributed by atoms with Gasteiger partial charge < -0.3 is 15.2 Å². The van der Waals surface area contributed by atoms with E-state index in [1.165, 1.54) is 0 Å². The molecule has 1 aliphatic rings. The highest BCUT2D eigenvalue weighted by Gasteiger charge is 2.29. The predicted octanol–water partition coefficient (Wildman–Crippen LogP) is 3.52. The van der Waals surface area contributed by atoms with Gasteiger partial charge >= 0.3 is 0 Å². The number of rotatable bonds is 2. The zero-order valence-electron chi connectivity index (χ0n) is 12.7. The number of likely N-dealkylation sites (tertiary alicyclic amines) is 1. The second-order valence-electron chi connectivity index (χ2n) is 5.69. The Kier molecular flexibility index (Phi) is 4.62. The summed E-state index contributed by atoms with van der Waals surface area (Å²) in [5.74, 6) is 0.331. The van der Waals surface area contributed by atoms with E-state index in [-0.39, 0.29) is 11.9 Å². The van der Waals surface area contributed by atoms with Crippen LogP contribution in [-0.4, -0.2) is 35.1 Å². The van der Waals surface area contributed by atoms with E-state index in [1.54, 1.807) is 30.0 Å². The molecule has 2 heterocycles. The first-order chi connectivity index (χ1) is 11.0. The second kappa shape index (κ2) is 6.51. The van der Waals surface area contributed by atoms with Gasteiger partial charge in [0.15, 0.2) is 0 Å². The zero-order chi connectivity index (χ0) is 16.6. The molecule has 0 saturated carbocycles. The molecule has 1 saturated heterocycles. The number of carbonyl (C=O) groups is 1. The maximum Gasteiger partial charge on any atom is 0.259 e. The number of piperidine rings is 1. The molecule has 2 N–H and O–H groups in total. The molecule has 0 aliphatic carbocycles. The maximum atomic E-state index is 12.9. The number of aryl methyl sites for hydroxylation is 1. The van der Waals surface area contributed by atoms with Gasteiger partial charge in [-0.25, -0.2) is 0 Å². The van der Waals surface area contributed by atoms with Crippen LogP contribution in [0.15, 0.2) is 22.7 Å². The molecule has 0 bridgehead atoms. The van der Waals surface area contributed by atoms with Crippen molar-refractivity contribution in [3.05, 3.63) is 39.6 Å². The molecule has 5 nitrogen and oxygen atoms in total. The third-order valence-electron chi connectivity index (χ3n) is 4.10. The Labute approximate surface area is 144 Å². The van der Waals surface area contributed by atoms with Crippen molar-refractivity contribution >= 4 is 29.1 Å². The van der Waals surface area contributed by atoms with Gasteiger partial charge in [0.05, 0.1) is 10.0 Å². The topological polar surface area (TPSA) is 72.4 Å². The highest BCUT2D eigenvalue weighted by molar-refractivity contribution is 6.39. The number of nitrogens with zero attached hydrogens (tertiary/aromatic N) is 2. The van der Waals surface area contributed by atoms with E-state index in [0.29, 0.717) is 45.7 Å². The summed E-state index contributed by atoms with van der Waals surface area (Å²) in [6.07, 6.45) is 1.58. The van der Waals surface area contributed by atoms with Gasteiger partial charge in [-0.2, -0.15) is 0 Å². The summed E-state index contributed by atoms with van der Waals surface area (Å²) in [6, 6.07) is 5.32. The maximum absolute atomic E-state index is 12.9. The van der Waals surface area contributed by atoms with Crippen LogP contribution in [0.1, 0.15) is 29.0 Å². The first kappa shape index (κ1) is 16.3. The van der Waals surface area contributed by atoms with Crippen LogP contribution in [0.4, 0.5) is 0 Å². The van der Waals surface area contributed by atoms with Gasteiger partial charge in [-0.05, 0) is 31.9 Å². The summed E-state index contributed by atoms with van der Waals surface area (Å²) in [6.45, 7) is 2.96. The van der Waals surface area contributed by atoms with Gasteiger partial charge in [-0.3, -0.25) is 4.79 Å². The van der Waals surface area contributed by atoms with Crippen molar-refractivity contribution in [3.63, 3.8) is 0 Å². The molecule has 1 aromatic carbocycles. The van der Waals surface area contributed by atoms with Crippen molar-refractivity contribution in [1.82, 2.24) is 10.1 Å². The van der Waals surface area contributed by atoms with Crippen LogP contribution in [0.3, 0.4) is 0 Å². The number of nitrogens with two attached hydrogens (primary N) is 1. The molecule has 1 fully saturated rings. The van der Waals surface area contributed by atoms with E-state index < -0.39 is 0 Å². The van der Waals surface area contributed by atoms with Crippen LogP contribution in [-0.2, 0) is 0 Å². The van der Waals surface area contributed by atoms with Gasteiger partial charge in [0.1, 0.15) is 17.0 Å². The van der Waals surface area contributed by atoms with E-state index in [4.69, 9.17) is 33.5 Å². The van der Waals surface area contributed by atoms with Crippen molar-refractivity contribution in [2.45, 2.75) is 25.8 Å². The van der Waals surface area contributed by atoms with Gasteiger partial charge in [0.25, 0.3) is 5.91 Å². The largest absolute Gasteiger partial charge is 0.360 e. The lowest BCUT2D eigenvalue weighted by Crippen LogP contribution is -2.43. The first-order valence-electron chi connectivity index (χ1n) is 7.44. The van der Waals surface area contributed by atoms with Gasteiger partial charge in [0.2, 0.25) is 0 Å². The van der Waals surface area contributed by atoms with Crippen LogP contribution < -0.4 is 5.73 Å². The first-order valence-corrected chi connectivity index (χ1v) is 8.20. The quantitative estimate of drug-likeness (QED) is 0.896. The standard InChI is InChI=1S/C16H17Cl2N3O2/c1-9-13(16(22)21-7-5-10(19)6-8-21)15(20-23-9)14-11(17)3-2-4-12(14)18/h2-4,10H,5-8,19H2,1H3. The van der Waals surface area contributed by atoms with Crippen LogP contribution in [0.25, 0.3) is 11.3 Å². The number of halogens is 2. The molecule has 0 spiro atoms. The fourth-order valence-electron chi connectivity index (χ4n) is 2.78. The molecule has 1 aliphatic heterocycles. The number of aromatic nitrogens is 1. The summed E-state index contributed by atoms with van der Waals surface area (Å²) in [4.78, 5) is 14.7. The van der Waals surface area contributed by atoms with Crippen molar-refractivity contribution in [3.8, 4) is 11.3 Å². The number of benzene rings is 1. The SMILES string of the molecule is Cc1onc(-c2c(Cl)cccc2Cl)c1C(=O)N1CCC(N)CC1. The number of hydrogen-bond donors (Lipinski definition) is 1. The number of amides is 1. The van der Waals surface area contributed by atoms with Crippen molar-refractivity contribution < 1.29 is 9.32 Å². The monoisotopic (exact) mass is 353 g/mol. The number of carbonyl (C=O) groups excluding carboxylic acids is 1. The average Bonchev–Trinajstić information content (AvgIpc) is 2.89. The molecule has 0 radical (unpaired) electrons. The molecule has 0 atom stereocenters. The molecule has 122 valence electrons. The Balaban J connectivity index is 2.01. The van der Waals surface area contributed by atoms with E-state index in [9.17, 15) is 4.79 Å². The second-order valence-corrected chi connectivity index (χ2v) is 6.50. The van der Waals surface area contributed by atoms with E-state index >= 15 is 0 Å². The fourth-order valence-corrected chi connectivity index (χ4v) is 3.36. The Morgan fingerprint density at radius 1 is 1.30 bits per heavy atom. The van der Waals surface area contributed by atoms with E-state index in [1.807, 2.05) is 0 Å². The molecular weight excluding hydrogens is 337 g/mol. The minimum Gasteiger partial charge on any atom is -0.360 e. The Morgan fingerprint density at radius 2 is 1.91 bits per heavy atom. The molecule has 0 unspecified atom stereocenters. The van der Waals surface area contributed by atoms with Crippen LogP contribution in [0, 0.1) is 6.92 Å². The fraction of sp³-hybridized carbons (Fsp3) is 0.375. The molecular formula is C16H17Cl2N3O2. The molecule has 2 aromatic rings. The molecule has 1 amide bonds. The lowest BCUT2D eigenvalue weighted by atomic mass is 10.0. The highest BCUT2D eigenvalue weighted by atomic mass is 35.5. The van der Waals surface area contributed by atoms with Crippen molar-refractivity contribution in [2.75, 3.05) is 13.1 Å². The molecule has 7 heteroatoms. The van der Waals surface area contributed by atoms with Crippen molar-refractivity contribution in [1.29, 1.82) is 0 Å². The van der Waals surface area contributed by atoms with Crippen LogP contribution in [0.5, 0.6) is 0 Å². The summed E-state index contributed by atoms with van der Waals surface area (Å²) in [7, 11) is 0. The number of hydrogen-bond acceptors (Lipinski definition) is 4. The normalized spacial score (nSPS) is 15.9. The smallest absolute Gasteiger partial charge is 0.259 e. The Morgan fingerprint density at radius 3 is 2.52 bits per heavy atom. The van der Waals surface area contributed by atoms with E-state index in [2.05, 4.69) is 5.16 Å².